The molecule has 0 aromatic carbocycles. The number of ether oxygens (including phenoxy) is 5. The number of aliphatic hydroxyl groups is 2. The van der Waals surface area contributed by atoms with Crippen molar-refractivity contribution in [3.05, 3.63) is 36.5 Å². The zero-order chi connectivity index (χ0) is 57.5. The predicted molar refractivity (Wildman–Crippen MR) is 322 cm³/mol. The Morgan fingerprint density at radius 1 is 0.418 bits per heavy atom. The molecule has 1 fully saturated rings. The van der Waals surface area contributed by atoms with Crippen LogP contribution >= 0.6 is 0 Å². The first-order valence-corrected chi connectivity index (χ1v) is 33.0. The second-order valence-electron chi connectivity index (χ2n) is 22.8. The quantitative estimate of drug-likeness (QED) is 0.0228. The van der Waals surface area contributed by atoms with E-state index < -0.39 is 67.3 Å². The van der Waals surface area contributed by atoms with E-state index in [0.29, 0.717) is 19.3 Å². The van der Waals surface area contributed by atoms with Crippen molar-refractivity contribution in [3.63, 3.8) is 0 Å². The second kappa shape index (κ2) is 55.5. The van der Waals surface area contributed by atoms with Gasteiger partial charge >= 0.3 is 23.9 Å². The Balaban J connectivity index is 2.64. The van der Waals surface area contributed by atoms with Crippen LogP contribution in [0, 0.1) is 0 Å². The van der Waals surface area contributed by atoms with Crippen LogP contribution in [0.3, 0.4) is 0 Å². The minimum Gasteiger partial charge on any atom is -0.479 e. The average molecular weight is 1120 g/mol. The van der Waals surface area contributed by atoms with Gasteiger partial charge in [-0.15, -0.1) is 0 Å². The summed E-state index contributed by atoms with van der Waals surface area (Å²) < 4.78 is 28.5. The zero-order valence-corrected chi connectivity index (χ0v) is 50.9. The molecule has 460 valence electrons. The minimum absolute atomic E-state index is 0.0477. The third kappa shape index (κ3) is 45.2. The normalized spacial score (nSPS) is 18.0. The van der Waals surface area contributed by atoms with Crippen LogP contribution in [0.2, 0.25) is 0 Å². The molecule has 0 spiro atoms. The largest absolute Gasteiger partial charge is 0.479 e. The summed E-state index contributed by atoms with van der Waals surface area (Å²) in [6.07, 6.45) is 53.9. The molecular weight excluding hydrogens is 997 g/mol. The lowest BCUT2D eigenvalue weighted by molar-refractivity contribution is -0.301. The summed E-state index contributed by atoms with van der Waals surface area (Å²) in [4.78, 5) is 51.3. The maximum absolute atomic E-state index is 13.2. The number of unbranched alkanes of at least 4 members (excludes halogenated alkanes) is 37. The van der Waals surface area contributed by atoms with E-state index in [2.05, 4.69) is 57.2 Å². The van der Waals surface area contributed by atoms with E-state index in [4.69, 9.17) is 23.7 Å². The molecule has 1 aliphatic heterocycles. The van der Waals surface area contributed by atoms with Gasteiger partial charge in [-0.05, 0) is 77.0 Å². The fourth-order valence-corrected chi connectivity index (χ4v) is 10.1. The Morgan fingerprint density at radius 2 is 0.759 bits per heavy atom. The molecule has 79 heavy (non-hydrogen) atoms. The number of carbonyl (C=O) groups is 4. The van der Waals surface area contributed by atoms with Crippen LogP contribution in [0.25, 0.3) is 0 Å². The summed E-state index contributed by atoms with van der Waals surface area (Å²) in [6.45, 7) is 6.00. The van der Waals surface area contributed by atoms with E-state index >= 15 is 0 Å². The van der Waals surface area contributed by atoms with Gasteiger partial charge in [-0.3, -0.25) is 14.4 Å². The zero-order valence-electron chi connectivity index (χ0n) is 50.9. The van der Waals surface area contributed by atoms with Crippen LogP contribution < -0.4 is 0 Å². The molecule has 0 bridgehead atoms. The molecule has 0 aromatic rings. The van der Waals surface area contributed by atoms with Crippen LogP contribution in [0.15, 0.2) is 36.5 Å². The molecule has 12 heteroatoms. The van der Waals surface area contributed by atoms with E-state index in [9.17, 15) is 34.5 Å². The first kappa shape index (κ1) is 74.0. The van der Waals surface area contributed by atoms with Crippen molar-refractivity contribution < 1.29 is 58.2 Å². The standard InChI is InChI=1S/C67H120O12/c1-4-7-10-13-16-19-22-25-28-29-30-31-34-35-38-41-44-47-50-53-59(68)75-56-58(77-60(69)54-51-48-45-42-39-36-32-26-23-20-17-14-11-8-5-2)57-76-67-65(63(72)62(71)64(79-67)66(73)74)78-61(70)55-52-49-46-43-40-37-33-27-24-21-18-15-12-9-6-3/h18,21,25,27-28,33,58,62-65,67,71-72H,4-17,19-20,22-24,26,29-32,34-57H2,1-3H3,(H,73,74)/b21-18-,28-25-,33-27-. The molecule has 1 saturated heterocycles. The number of esters is 3. The smallest absolute Gasteiger partial charge is 0.335 e. The van der Waals surface area contributed by atoms with Gasteiger partial charge in [0.1, 0.15) is 18.8 Å². The van der Waals surface area contributed by atoms with Crippen LogP contribution in [0.1, 0.15) is 316 Å². The van der Waals surface area contributed by atoms with Crippen LogP contribution in [0.5, 0.6) is 0 Å². The molecule has 6 atom stereocenters. The molecular formula is C67H120O12. The van der Waals surface area contributed by atoms with Crippen molar-refractivity contribution in [2.24, 2.45) is 0 Å². The molecule has 6 unspecified atom stereocenters. The Morgan fingerprint density at radius 3 is 1.18 bits per heavy atom. The average Bonchev–Trinajstić information content (AvgIpc) is 3.44. The summed E-state index contributed by atoms with van der Waals surface area (Å²) in [5.41, 5.74) is 0. The molecule has 0 saturated carbocycles. The topological polar surface area (TPSA) is 175 Å². The fourth-order valence-electron chi connectivity index (χ4n) is 10.1. The Bertz CT molecular complexity index is 1510. The highest BCUT2D eigenvalue weighted by Crippen LogP contribution is 2.27. The van der Waals surface area contributed by atoms with Crippen molar-refractivity contribution in [3.8, 4) is 0 Å². The second-order valence-corrected chi connectivity index (χ2v) is 22.8. The van der Waals surface area contributed by atoms with Gasteiger partial charge in [-0.25, -0.2) is 4.79 Å². The van der Waals surface area contributed by atoms with Crippen molar-refractivity contribution in [1.82, 2.24) is 0 Å². The number of aliphatic carboxylic acids is 1. The molecule has 1 aliphatic rings. The highest BCUT2D eigenvalue weighted by atomic mass is 16.7. The first-order chi connectivity index (χ1) is 38.6. The highest BCUT2D eigenvalue weighted by Gasteiger charge is 2.50. The van der Waals surface area contributed by atoms with Crippen molar-refractivity contribution >= 4 is 23.9 Å². The SMILES string of the molecule is CCCCC/C=C\C/C=C\CCCCCCCC(=O)OC1C(OCC(COC(=O)CCCCCCCCCCC/C=C\CCCCCCCC)OC(=O)CCCCCCCCCCCCCCCCC)OC(C(=O)O)C(O)C1O. The van der Waals surface area contributed by atoms with E-state index in [-0.39, 0.29) is 25.9 Å². The molecule has 0 amide bonds. The fraction of sp³-hybridized carbons (Fsp3) is 0.851. The van der Waals surface area contributed by atoms with Crippen molar-refractivity contribution in [1.29, 1.82) is 0 Å². The third-order valence-electron chi connectivity index (χ3n) is 15.2. The van der Waals surface area contributed by atoms with Gasteiger partial charge in [0.15, 0.2) is 24.6 Å². The van der Waals surface area contributed by atoms with Gasteiger partial charge in [0.2, 0.25) is 0 Å². The summed E-state index contributed by atoms with van der Waals surface area (Å²) in [7, 11) is 0. The Kier molecular flexibility index (Phi) is 51.9. The van der Waals surface area contributed by atoms with Crippen molar-refractivity contribution in [2.75, 3.05) is 13.2 Å². The maximum Gasteiger partial charge on any atom is 0.335 e. The molecule has 12 nitrogen and oxygen atoms in total. The monoisotopic (exact) mass is 1120 g/mol. The number of hydrogen-bond donors (Lipinski definition) is 3. The molecule has 1 rings (SSSR count). The number of hydrogen-bond acceptors (Lipinski definition) is 11. The summed E-state index contributed by atoms with van der Waals surface area (Å²) >= 11 is 0. The lowest BCUT2D eigenvalue weighted by Gasteiger charge is -2.40. The number of allylic oxidation sites excluding steroid dienone is 6. The molecule has 0 aromatic heterocycles. The number of carbonyl (C=O) groups excluding carboxylic acids is 3. The van der Waals surface area contributed by atoms with E-state index in [1.165, 1.54) is 173 Å². The van der Waals surface area contributed by atoms with E-state index in [1.54, 1.807) is 0 Å². The van der Waals surface area contributed by atoms with Gasteiger partial charge < -0.3 is 39.0 Å². The lowest BCUT2D eigenvalue weighted by atomic mass is 9.98. The summed E-state index contributed by atoms with van der Waals surface area (Å²) in [5.74, 6) is -3.11. The van der Waals surface area contributed by atoms with Crippen LogP contribution in [-0.4, -0.2) is 89.2 Å². The van der Waals surface area contributed by atoms with Gasteiger partial charge in [-0.1, -0.05) is 256 Å². The number of rotatable bonds is 57. The van der Waals surface area contributed by atoms with Crippen molar-refractivity contribution in [2.45, 2.75) is 353 Å². The van der Waals surface area contributed by atoms with E-state index in [0.717, 1.165) is 83.5 Å². The first-order valence-electron chi connectivity index (χ1n) is 33.0. The number of carboxylic acids is 1. The minimum atomic E-state index is -1.91. The van der Waals surface area contributed by atoms with Gasteiger partial charge in [0, 0.05) is 19.3 Å². The Labute approximate surface area is 482 Å². The molecule has 0 aliphatic carbocycles. The molecule has 0 radical (unpaired) electrons. The maximum atomic E-state index is 13.2. The highest BCUT2D eigenvalue weighted by molar-refractivity contribution is 5.74. The molecule has 3 N–H and O–H groups in total. The van der Waals surface area contributed by atoms with Gasteiger partial charge in [0.05, 0.1) is 6.61 Å². The summed E-state index contributed by atoms with van der Waals surface area (Å²) in [5, 5.41) is 31.6. The van der Waals surface area contributed by atoms with E-state index in [1.807, 2.05) is 0 Å². The third-order valence-corrected chi connectivity index (χ3v) is 15.2. The Hall–Kier alpha value is -3.06. The number of aliphatic hydroxyl groups excluding tert-OH is 2. The number of carboxylic acid groups (broad SMARTS) is 1. The van der Waals surface area contributed by atoms with Crippen LogP contribution in [-0.2, 0) is 42.9 Å². The van der Waals surface area contributed by atoms with Gasteiger partial charge in [-0.2, -0.15) is 0 Å². The van der Waals surface area contributed by atoms with Gasteiger partial charge in [0.25, 0.3) is 0 Å². The van der Waals surface area contributed by atoms with Crippen LogP contribution in [0.4, 0.5) is 0 Å². The predicted octanol–water partition coefficient (Wildman–Crippen LogP) is 17.6. The summed E-state index contributed by atoms with van der Waals surface area (Å²) in [6, 6.07) is 0. The molecule has 1 heterocycles. The lowest BCUT2D eigenvalue weighted by Crippen LogP contribution is -2.61.